The van der Waals surface area contributed by atoms with E-state index in [2.05, 4.69) is 4.72 Å². The number of halogens is 1. The molecule has 1 aromatic rings. The Morgan fingerprint density at radius 3 is 2.90 bits per heavy atom. The lowest BCUT2D eigenvalue weighted by Gasteiger charge is -2.17. The highest BCUT2D eigenvalue weighted by molar-refractivity contribution is 7.89. The van der Waals surface area contributed by atoms with Crippen LogP contribution < -0.4 is 10.5 Å². The molecule has 0 saturated carbocycles. The van der Waals surface area contributed by atoms with Gasteiger partial charge in [-0.05, 0) is 31.0 Å². The third-order valence-corrected chi connectivity index (χ3v) is 5.04. The van der Waals surface area contributed by atoms with Crippen molar-refractivity contribution in [3.05, 3.63) is 24.0 Å². The topological polar surface area (TPSA) is 81.4 Å². The van der Waals surface area contributed by atoms with Crippen molar-refractivity contribution in [1.82, 2.24) is 4.72 Å². The summed E-state index contributed by atoms with van der Waals surface area (Å²) >= 11 is 0. The molecule has 2 unspecified atom stereocenters. The highest BCUT2D eigenvalue weighted by Crippen LogP contribution is 2.24. The highest BCUT2D eigenvalue weighted by Gasteiger charge is 2.28. The molecule has 1 heterocycles. The molecule has 1 aliphatic heterocycles. The lowest BCUT2D eigenvalue weighted by molar-refractivity contribution is 0.0884. The zero-order chi connectivity index (χ0) is 14.8. The molecule has 112 valence electrons. The molecule has 5 nitrogen and oxygen atoms in total. The Balaban J connectivity index is 2.07. The second kappa shape index (κ2) is 6.07. The molecule has 1 saturated heterocycles. The molecule has 2 rings (SSSR count). The number of rotatable bonds is 5. The maximum Gasteiger partial charge on any atom is 0.242 e. The molecule has 0 radical (unpaired) electrons. The van der Waals surface area contributed by atoms with Gasteiger partial charge in [-0.3, -0.25) is 0 Å². The number of anilines is 1. The molecule has 0 aromatic heterocycles. The van der Waals surface area contributed by atoms with E-state index >= 15 is 0 Å². The molecular weight excluding hydrogens is 283 g/mol. The van der Waals surface area contributed by atoms with Crippen molar-refractivity contribution < 1.29 is 17.5 Å². The largest absolute Gasteiger partial charge is 0.398 e. The van der Waals surface area contributed by atoms with Gasteiger partial charge in [0.05, 0.1) is 11.8 Å². The van der Waals surface area contributed by atoms with Crippen LogP contribution in [0, 0.1) is 11.7 Å². The fourth-order valence-electron chi connectivity index (χ4n) is 2.44. The standard InChI is InChI=1S/C13H19FN2O3S/c1-2-12-9(5-6-19-12)8-16-20(17,18)13-4-3-10(14)7-11(13)15/h3-4,7,9,12,16H,2,5-6,8,15H2,1H3. The lowest BCUT2D eigenvalue weighted by atomic mass is 10.0. The van der Waals surface area contributed by atoms with E-state index in [0.29, 0.717) is 13.2 Å². The first kappa shape index (κ1) is 15.2. The van der Waals surface area contributed by atoms with Crippen LogP contribution in [0.5, 0.6) is 0 Å². The first-order valence-electron chi connectivity index (χ1n) is 6.60. The molecule has 1 aromatic carbocycles. The fraction of sp³-hybridized carbons (Fsp3) is 0.538. The van der Waals surface area contributed by atoms with Crippen LogP contribution in [-0.4, -0.2) is 27.7 Å². The number of nitrogen functional groups attached to an aromatic ring is 1. The van der Waals surface area contributed by atoms with Gasteiger partial charge in [0.1, 0.15) is 10.7 Å². The summed E-state index contributed by atoms with van der Waals surface area (Å²) in [5.74, 6) is -0.395. The molecule has 2 atom stereocenters. The predicted octanol–water partition coefficient (Wildman–Crippen LogP) is 1.50. The third-order valence-electron chi connectivity index (χ3n) is 3.55. The summed E-state index contributed by atoms with van der Waals surface area (Å²) in [7, 11) is -3.72. The molecule has 1 fully saturated rings. The van der Waals surface area contributed by atoms with Gasteiger partial charge in [0.15, 0.2) is 0 Å². The van der Waals surface area contributed by atoms with Crippen LogP contribution >= 0.6 is 0 Å². The van der Waals surface area contributed by atoms with Crippen molar-refractivity contribution in [2.45, 2.75) is 30.8 Å². The van der Waals surface area contributed by atoms with E-state index < -0.39 is 15.8 Å². The minimum atomic E-state index is -3.72. The van der Waals surface area contributed by atoms with Crippen molar-refractivity contribution >= 4 is 15.7 Å². The summed E-state index contributed by atoms with van der Waals surface area (Å²) in [5, 5.41) is 0. The Labute approximate surface area is 118 Å². The average Bonchev–Trinajstić information content (AvgIpc) is 2.83. The fourth-order valence-corrected chi connectivity index (χ4v) is 3.64. The number of hydrogen-bond donors (Lipinski definition) is 2. The van der Waals surface area contributed by atoms with Gasteiger partial charge in [0.25, 0.3) is 0 Å². The highest BCUT2D eigenvalue weighted by atomic mass is 32.2. The van der Waals surface area contributed by atoms with Gasteiger partial charge in [0, 0.05) is 19.1 Å². The number of ether oxygens (including phenoxy) is 1. The third kappa shape index (κ3) is 3.28. The van der Waals surface area contributed by atoms with Gasteiger partial charge in [-0.25, -0.2) is 17.5 Å². The summed E-state index contributed by atoms with van der Waals surface area (Å²) < 4.78 is 45.3. The van der Waals surface area contributed by atoms with Crippen molar-refractivity contribution in [2.75, 3.05) is 18.9 Å². The van der Waals surface area contributed by atoms with Crippen LogP contribution in [0.25, 0.3) is 0 Å². The maximum atomic E-state index is 13.0. The molecule has 0 amide bonds. The van der Waals surface area contributed by atoms with E-state index in [9.17, 15) is 12.8 Å². The molecule has 7 heteroatoms. The number of sulfonamides is 1. The summed E-state index contributed by atoms with van der Waals surface area (Å²) in [5.41, 5.74) is 5.47. The van der Waals surface area contributed by atoms with E-state index in [1.54, 1.807) is 0 Å². The molecule has 1 aliphatic rings. The van der Waals surface area contributed by atoms with Crippen LogP contribution in [0.1, 0.15) is 19.8 Å². The molecular formula is C13H19FN2O3S. The van der Waals surface area contributed by atoms with Gasteiger partial charge in [-0.1, -0.05) is 6.92 Å². The Morgan fingerprint density at radius 2 is 2.25 bits per heavy atom. The van der Waals surface area contributed by atoms with Crippen LogP contribution in [-0.2, 0) is 14.8 Å². The smallest absolute Gasteiger partial charge is 0.242 e. The predicted molar refractivity (Wildman–Crippen MR) is 74.1 cm³/mol. The molecule has 0 bridgehead atoms. The van der Waals surface area contributed by atoms with Gasteiger partial charge >= 0.3 is 0 Å². The number of nitrogens with two attached hydrogens (primary N) is 1. The lowest BCUT2D eigenvalue weighted by Crippen LogP contribution is -2.33. The Hall–Kier alpha value is -1.18. The molecule has 20 heavy (non-hydrogen) atoms. The first-order chi connectivity index (χ1) is 9.44. The van der Waals surface area contributed by atoms with Gasteiger partial charge in [0.2, 0.25) is 10.0 Å². The summed E-state index contributed by atoms with van der Waals surface area (Å²) in [4.78, 5) is -0.0918. The number of benzene rings is 1. The Kier molecular flexibility index (Phi) is 4.62. The number of nitrogens with one attached hydrogen (secondary N) is 1. The van der Waals surface area contributed by atoms with E-state index in [-0.39, 0.29) is 22.6 Å². The van der Waals surface area contributed by atoms with E-state index in [0.717, 1.165) is 25.0 Å². The van der Waals surface area contributed by atoms with Gasteiger partial charge < -0.3 is 10.5 Å². The van der Waals surface area contributed by atoms with Gasteiger partial charge in [-0.15, -0.1) is 0 Å². The Morgan fingerprint density at radius 1 is 1.50 bits per heavy atom. The van der Waals surface area contributed by atoms with Crippen LogP contribution in [0.15, 0.2) is 23.1 Å². The second-order valence-electron chi connectivity index (χ2n) is 4.90. The van der Waals surface area contributed by atoms with E-state index in [4.69, 9.17) is 10.5 Å². The van der Waals surface area contributed by atoms with Crippen molar-refractivity contribution in [3.63, 3.8) is 0 Å². The Bertz CT molecular complexity index is 577. The molecule has 3 N–H and O–H groups in total. The van der Waals surface area contributed by atoms with Crippen molar-refractivity contribution in [2.24, 2.45) is 5.92 Å². The van der Waals surface area contributed by atoms with Crippen LogP contribution in [0.4, 0.5) is 10.1 Å². The van der Waals surface area contributed by atoms with Crippen LogP contribution in [0.3, 0.4) is 0 Å². The first-order valence-corrected chi connectivity index (χ1v) is 8.08. The van der Waals surface area contributed by atoms with E-state index in [1.165, 1.54) is 6.07 Å². The zero-order valence-electron chi connectivity index (χ0n) is 11.3. The normalized spacial score (nSPS) is 23.1. The average molecular weight is 302 g/mol. The molecule has 0 aliphatic carbocycles. The summed E-state index contributed by atoms with van der Waals surface area (Å²) in [6.07, 6.45) is 1.77. The minimum Gasteiger partial charge on any atom is -0.398 e. The maximum absolute atomic E-state index is 13.0. The monoisotopic (exact) mass is 302 g/mol. The quantitative estimate of drug-likeness (QED) is 0.808. The van der Waals surface area contributed by atoms with Crippen LogP contribution in [0.2, 0.25) is 0 Å². The summed E-state index contributed by atoms with van der Waals surface area (Å²) in [6, 6.07) is 3.26. The zero-order valence-corrected chi connectivity index (χ0v) is 12.1. The van der Waals surface area contributed by atoms with E-state index in [1.807, 2.05) is 6.92 Å². The second-order valence-corrected chi connectivity index (χ2v) is 6.64. The SMILES string of the molecule is CCC1OCCC1CNS(=O)(=O)c1ccc(F)cc1N. The summed E-state index contributed by atoms with van der Waals surface area (Å²) in [6.45, 7) is 2.97. The van der Waals surface area contributed by atoms with Crippen molar-refractivity contribution in [1.29, 1.82) is 0 Å². The van der Waals surface area contributed by atoms with Crippen molar-refractivity contribution in [3.8, 4) is 0 Å². The molecule has 0 spiro atoms. The van der Waals surface area contributed by atoms with Gasteiger partial charge in [-0.2, -0.15) is 0 Å². The minimum absolute atomic E-state index is 0.0864. The number of hydrogen-bond acceptors (Lipinski definition) is 4.